The first-order valence-electron chi connectivity index (χ1n) is 4.93. The third-order valence-electron chi connectivity index (χ3n) is 1.79. The number of amides is 1. The molecule has 0 aromatic carbocycles. The zero-order valence-electron chi connectivity index (χ0n) is 9.09. The van der Waals surface area contributed by atoms with Crippen molar-refractivity contribution in [3.05, 3.63) is 0 Å². The second kappa shape index (κ2) is 4.36. The Morgan fingerprint density at radius 3 is 2.14 bits per heavy atom. The maximum atomic E-state index is 11.6. The Labute approximate surface area is 85.4 Å². The molecular formula is C11H17NO2. The molecule has 0 spiro atoms. The standard InChI is InChI=1S/C11H17NO2/c1-11(2,3)14-10(13)12-8-6-4-5-7-9-12/h6-9H2,1-3H3. The highest BCUT2D eigenvalue weighted by molar-refractivity contribution is 5.68. The van der Waals surface area contributed by atoms with Gasteiger partial charge in [0.2, 0.25) is 0 Å². The summed E-state index contributed by atoms with van der Waals surface area (Å²) >= 11 is 0. The van der Waals surface area contributed by atoms with Gasteiger partial charge in [-0.05, 0) is 20.8 Å². The van der Waals surface area contributed by atoms with Crippen molar-refractivity contribution < 1.29 is 9.53 Å². The van der Waals surface area contributed by atoms with Gasteiger partial charge in [-0.3, -0.25) is 0 Å². The van der Waals surface area contributed by atoms with Crippen molar-refractivity contribution in [2.75, 3.05) is 13.1 Å². The van der Waals surface area contributed by atoms with Gasteiger partial charge in [0.25, 0.3) is 0 Å². The molecule has 0 atom stereocenters. The SMILES string of the molecule is CC(C)(C)OC(=O)N1CCC#CCC1. The van der Waals surface area contributed by atoms with Crippen molar-refractivity contribution in [2.24, 2.45) is 0 Å². The maximum Gasteiger partial charge on any atom is 0.410 e. The number of carbonyl (C=O) groups excluding carboxylic acids is 1. The molecule has 1 amide bonds. The Morgan fingerprint density at radius 1 is 1.21 bits per heavy atom. The number of carbonyl (C=O) groups is 1. The van der Waals surface area contributed by atoms with Crippen LogP contribution in [0.4, 0.5) is 4.79 Å². The largest absolute Gasteiger partial charge is 0.444 e. The lowest BCUT2D eigenvalue weighted by Crippen LogP contribution is -2.37. The molecule has 0 saturated carbocycles. The Morgan fingerprint density at radius 2 is 1.71 bits per heavy atom. The van der Waals surface area contributed by atoms with Crippen LogP contribution in [0.3, 0.4) is 0 Å². The first-order valence-corrected chi connectivity index (χ1v) is 4.93. The van der Waals surface area contributed by atoms with Crippen molar-refractivity contribution >= 4 is 6.09 Å². The van der Waals surface area contributed by atoms with Crippen molar-refractivity contribution in [1.82, 2.24) is 4.90 Å². The lowest BCUT2D eigenvalue weighted by molar-refractivity contribution is 0.0260. The lowest BCUT2D eigenvalue weighted by Gasteiger charge is -2.26. The summed E-state index contributed by atoms with van der Waals surface area (Å²) in [5, 5.41) is 0. The number of hydrogen-bond acceptors (Lipinski definition) is 2. The predicted octanol–water partition coefficient (Wildman–Crippen LogP) is 2.02. The molecule has 0 radical (unpaired) electrons. The molecule has 3 nitrogen and oxygen atoms in total. The fourth-order valence-corrected chi connectivity index (χ4v) is 1.18. The van der Waals surface area contributed by atoms with Crippen molar-refractivity contribution in [1.29, 1.82) is 0 Å². The highest BCUT2D eigenvalue weighted by Crippen LogP contribution is 2.11. The van der Waals surface area contributed by atoms with E-state index in [1.807, 2.05) is 20.8 Å². The van der Waals surface area contributed by atoms with Crippen molar-refractivity contribution in [3.63, 3.8) is 0 Å². The van der Waals surface area contributed by atoms with Crippen LogP contribution in [0.5, 0.6) is 0 Å². The van der Waals surface area contributed by atoms with Crippen LogP contribution in [-0.4, -0.2) is 29.7 Å². The molecule has 0 unspecified atom stereocenters. The molecule has 1 aliphatic rings. The third-order valence-corrected chi connectivity index (χ3v) is 1.79. The third kappa shape index (κ3) is 3.69. The number of ether oxygens (including phenoxy) is 1. The van der Waals surface area contributed by atoms with E-state index in [1.165, 1.54) is 0 Å². The van der Waals surface area contributed by atoms with Gasteiger partial charge in [-0.15, -0.1) is 11.8 Å². The van der Waals surface area contributed by atoms with Gasteiger partial charge in [0.15, 0.2) is 0 Å². The predicted molar refractivity (Wildman–Crippen MR) is 54.8 cm³/mol. The van der Waals surface area contributed by atoms with E-state index in [0.29, 0.717) is 13.1 Å². The van der Waals surface area contributed by atoms with Crippen LogP contribution in [0.25, 0.3) is 0 Å². The van der Waals surface area contributed by atoms with E-state index in [0.717, 1.165) is 12.8 Å². The van der Waals surface area contributed by atoms with Crippen LogP contribution in [0.1, 0.15) is 33.6 Å². The molecule has 0 bridgehead atoms. The average molecular weight is 195 g/mol. The molecule has 1 rings (SSSR count). The summed E-state index contributed by atoms with van der Waals surface area (Å²) in [6, 6.07) is 0. The van der Waals surface area contributed by atoms with Crippen LogP contribution in [0, 0.1) is 11.8 Å². The van der Waals surface area contributed by atoms with Crippen molar-refractivity contribution in [2.45, 2.75) is 39.2 Å². The summed E-state index contributed by atoms with van der Waals surface area (Å²) in [6.07, 6.45) is 1.27. The average Bonchev–Trinajstić information content (AvgIpc) is 2.27. The molecule has 0 aromatic heterocycles. The fourth-order valence-electron chi connectivity index (χ4n) is 1.18. The van der Waals surface area contributed by atoms with Crippen LogP contribution in [-0.2, 0) is 4.74 Å². The van der Waals surface area contributed by atoms with Crippen molar-refractivity contribution in [3.8, 4) is 11.8 Å². The van der Waals surface area contributed by atoms with Crippen LogP contribution in [0.2, 0.25) is 0 Å². The van der Waals surface area contributed by atoms with Gasteiger partial charge >= 0.3 is 6.09 Å². The molecular weight excluding hydrogens is 178 g/mol. The summed E-state index contributed by atoms with van der Waals surface area (Å²) in [7, 11) is 0. The van der Waals surface area contributed by atoms with Crippen LogP contribution < -0.4 is 0 Å². The minimum atomic E-state index is -0.412. The van der Waals surface area contributed by atoms with E-state index in [-0.39, 0.29) is 6.09 Å². The highest BCUT2D eigenvalue weighted by Gasteiger charge is 2.21. The Bertz CT molecular complexity index is 255. The number of rotatable bonds is 0. The molecule has 1 heterocycles. The molecule has 0 fully saturated rings. The molecule has 3 heteroatoms. The first-order chi connectivity index (χ1) is 6.49. The summed E-state index contributed by atoms with van der Waals surface area (Å²) in [4.78, 5) is 13.3. The van der Waals surface area contributed by atoms with Gasteiger partial charge in [0.1, 0.15) is 5.60 Å². The quantitative estimate of drug-likeness (QED) is 0.553. The Hall–Kier alpha value is -1.17. The zero-order chi connectivity index (χ0) is 10.6. The molecule has 0 saturated heterocycles. The van der Waals surface area contributed by atoms with Gasteiger partial charge in [0, 0.05) is 25.9 Å². The van der Waals surface area contributed by atoms with Crippen LogP contribution >= 0.6 is 0 Å². The molecule has 78 valence electrons. The molecule has 0 aliphatic carbocycles. The minimum Gasteiger partial charge on any atom is -0.444 e. The van der Waals surface area contributed by atoms with Crippen LogP contribution in [0.15, 0.2) is 0 Å². The fraction of sp³-hybridized carbons (Fsp3) is 0.727. The monoisotopic (exact) mass is 195 g/mol. The summed E-state index contributed by atoms with van der Waals surface area (Å²) in [5.41, 5.74) is -0.412. The van der Waals surface area contributed by atoms with Gasteiger partial charge in [-0.25, -0.2) is 4.79 Å². The smallest absolute Gasteiger partial charge is 0.410 e. The van der Waals surface area contributed by atoms with Gasteiger partial charge < -0.3 is 9.64 Å². The topological polar surface area (TPSA) is 29.5 Å². The number of nitrogens with zero attached hydrogens (tertiary/aromatic N) is 1. The highest BCUT2D eigenvalue weighted by atomic mass is 16.6. The lowest BCUT2D eigenvalue weighted by atomic mass is 10.2. The first kappa shape index (κ1) is 10.9. The molecule has 14 heavy (non-hydrogen) atoms. The molecule has 1 aliphatic heterocycles. The van der Waals surface area contributed by atoms with E-state index >= 15 is 0 Å². The van der Waals surface area contributed by atoms with E-state index in [9.17, 15) is 4.79 Å². The summed E-state index contributed by atoms with van der Waals surface area (Å²) in [6.45, 7) is 6.99. The van der Waals surface area contributed by atoms with E-state index in [4.69, 9.17) is 4.74 Å². The second-order valence-corrected chi connectivity index (χ2v) is 4.32. The van der Waals surface area contributed by atoms with E-state index in [1.54, 1.807) is 4.90 Å². The van der Waals surface area contributed by atoms with Gasteiger partial charge in [0.05, 0.1) is 0 Å². The van der Waals surface area contributed by atoms with Gasteiger partial charge in [-0.2, -0.15) is 0 Å². The van der Waals surface area contributed by atoms with E-state index < -0.39 is 5.60 Å². The zero-order valence-corrected chi connectivity index (χ0v) is 9.09. The van der Waals surface area contributed by atoms with Gasteiger partial charge in [-0.1, -0.05) is 0 Å². The normalized spacial score (nSPS) is 16.6. The summed E-state index contributed by atoms with van der Waals surface area (Å²) in [5.74, 6) is 5.99. The molecule has 0 N–H and O–H groups in total. The number of hydrogen-bond donors (Lipinski definition) is 0. The van der Waals surface area contributed by atoms with E-state index in [2.05, 4.69) is 11.8 Å². The molecule has 0 aromatic rings. The minimum absolute atomic E-state index is 0.233. The Balaban J connectivity index is 2.45. The second-order valence-electron chi connectivity index (χ2n) is 4.32. The Kier molecular flexibility index (Phi) is 3.40. The summed E-state index contributed by atoms with van der Waals surface area (Å²) < 4.78 is 5.26. The maximum absolute atomic E-state index is 11.6.